The number of carbonyl (C=O) groups is 1. The van der Waals surface area contributed by atoms with E-state index in [2.05, 4.69) is 0 Å². The van der Waals surface area contributed by atoms with Gasteiger partial charge in [0.2, 0.25) is 0 Å². The van der Waals surface area contributed by atoms with Gasteiger partial charge in [0.15, 0.2) is 0 Å². The van der Waals surface area contributed by atoms with Crippen LogP contribution in [0.3, 0.4) is 0 Å². The summed E-state index contributed by atoms with van der Waals surface area (Å²) in [5, 5.41) is 0. The van der Waals surface area contributed by atoms with Gasteiger partial charge in [-0.3, -0.25) is 0 Å². The summed E-state index contributed by atoms with van der Waals surface area (Å²) in [5.74, 6) is 0. The summed E-state index contributed by atoms with van der Waals surface area (Å²) in [7, 11) is 0. The van der Waals surface area contributed by atoms with Gasteiger partial charge in [-0.2, -0.15) is 0 Å². The van der Waals surface area contributed by atoms with Gasteiger partial charge in [0.05, 0.1) is 0 Å². The average molecular weight is 322 g/mol. The Morgan fingerprint density at radius 3 is 2.82 bits per heavy atom. The first-order chi connectivity index (χ1) is 5.05. The van der Waals surface area contributed by atoms with Crippen LogP contribution in [-0.4, -0.2) is 15.8 Å². The summed E-state index contributed by atoms with van der Waals surface area (Å²) in [6.45, 7) is 4.04. The van der Waals surface area contributed by atoms with Crippen LogP contribution in [0.4, 0.5) is 0 Å². The van der Waals surface area contributed by atoms with Gasteiger partial charge < -0.3 is 0 Å². The molecule has 1 rings (SSSR count). The van der Waals surface area contributed by atoms with E-state index in [4.69, 9.17) is 4.74 Å². The Morgan fingerprint density at radius 2 is 2.36 bits per heavy atom. The molecule has 0 amide bonds. The van der Waals surface area contributed by atoms with Crippen LogP contribution >= 0.6 is 0 Å². The molecule has 3 heteroatoms. The van der Waals surface area contributed by atoms with Crippen molar-refractivity contribution < 1.29 is 28.9 Å². The van der Waals surface area contributed by atoms with E-state index in [0.29, 0.717) is 0 Å². The van der Waals surface area contributed by atoms with E-state index in [1.807, 2.05) is 13.8 Å². The van der Waals surface area contributed by atoms with Crippen LogP contribution in [0, 0.1) is 0 Å². The van der Waals surface area contributed by atoms with E-state index in [1.165, 1.54) is 23.3 Å². The number of allylic oxidation sites excluding steroid dienone is 1. The zero-order valence-electron chi connectivity index (χ0n) is 6.59. The molecular weight excluding hydrogens is 312 g/mol. The summed E-state index contributed by atoms with van der Waals surface area (Å²) in [6, 6.07) is 0. The minimum atomic E-state index is -0.121. The molecule has 0 bridgehead atoms. The Balaban J connectivity index is 2.84. The normalized spacial score (nSPS) is 22.0. The molecule has 0 unspecified atom stereocenters. The third-order valence-corrected chi connectivity index (χ3v) is 2.91. The van der Waals surface area contributed by atoms with Gasteiger partial charge in [0.1, 0.15) is 0 Å². The number of hydrogen-bond donors (Lipinski definition) is 0. The van der Waals surface area contributed by atoms with Gasteiger partial charge >= 0.3 is 76.8 Å². The number of ether oxygens (including phenoxy) is 1. The van der Waals surface area contributed by atoms with Crippen molar-refractivity contribution in [3.05, 3.63) is 11.8 Å². The first-order valence-corrected chi connectivity index (χ1v) is 4.88. The second-order valence-corrected chi connectivity index (χ2v) is 4.94. The standard InChI is InChI=1S/C8H10O2.W/c1-8(2)4-3-7(5-9)6-10-8;/h5-6H,4H2,1-2H3;. The molecule has 1 aliphatic heterocycles. The van der Waals surface area contributed by atoms with Crippen LogP contribution < -0.4 is 0 Å². The molecule has 0 fully saturated rings. The van der Waals surface area contributed by atoms with Crippen LogP contribution in [0.15, 0.2) is 11.8 Å². The van der Waals surface area contributed by atoms with Crippen molar-refractivity contribution in [2.75, 3.05) is 0 Å². The van der Waals surface area contributed by atoms with E-state index in [-0.39, 0.29) is 5.60 Å². The van der Waals surface area contributed by atoms with E-state index in [1.54, 1.807) is 6.26 Å². The summed E-state index contributed by atoms with van der Waals surface area (Å²) >= 11 is 1.36. The van der Waals surface area contributed by atoms with Crippen molar-refractivity contribution in [1.82, 2.24) is 0 Å². The first-order valence-electron chi connectivity index (χ1n) is 3.41. The molecule has 0 aromatic rings. The maximum absolute atomic E-state index is 10.4. The number of carbonyl (C=O) groups excluding carboxylic acids is 1. The predicted molar refractivity (Wildman–Crippen MR) is 38.9 cm³/mol. The molecule has 0 atom stereocenters. The van der Waals surface area contributed by atoms with E-state index >= 15 is 0 Å². The average Bonchev–Trinajstić information content (AvgIpc) is 1.86. The molecular formula is C8H10O2W. The molecule has 0 saturated heterocycles. The number of aldehydes is 1. The Kier molecular flexibility index (Phi) is 2.43. The van der Waals surface area contributed by atoms with Crippen LogP contribution in [0.1, 0.15) is 20.3 Å². The molecule has 0 aliphatic carbocycles. The van der Waals surface area contributed by atoms with Gasteiger partial charge in [-0.1, -0.05) is 0 Å². The van der Waals surface area contributed by atoms with Gasteiger partial charge in [-0.25, -0.2) is 0 Å². The van der Waals surface area contributed by atoms with E-state index < -0.39 is 0 Å². The molecule has 0 N–H and O–H groups in total. The summed E-state index contributed by atoms with van der Waals surface area (Å²) < 4.78 is 6.53. The Hall–Kier alpha value is -0.232. The second kappa shape index (κ2) is 3.02. The van der Waals surface area contributed by atoms with E-state index in [0.717, 1.165) is 18.3 Å². The van der Waals surface area contributed by atoms with Crippen molar-refractivity contribution >= 4 is 10.2 Å². The van der Waals surface area contributed by atoms with Gasteiger partial charge in [0, 0.05) is 0 Å². The Morgan fingerprint density at radius 1 is 1.73 bits per heavy atom. The van der Waals surface area contributed by atoms with Crippen molar-refractivity contribution in [3.63, 3.8) is 0 Å². The van der Waals surface area contributed by atoms with Crippen LogP contribution in [0.2, 0.25) is 0 Å². The summed E-state index contributed by atoms with van der Waals surface area (Å²) in [4.78, 5) is 10.4. The van der Waals surface area contributed by atoms with Gasteiger partial charge in [-0.15, -0.1) is 0 Å². The van der Waals surface area contributed by atoms with Crippen LogP contribution in [0.25, 0.3) is 0 Å². The fourth-order valence-corrected chi connectivity index (χ4v) is 2.51. The second-order valence-electron chi connectivity index (χ2n) is 3.17. The topological polar surface area (TPSA) is 26.3 Å². The molecule has 0 aromatic heterocycles. The monoisotopic (exact) mass is 322 g/mol. The van der Waals surface area contributed by atoms with Crippen molar-refractivity contribution in [3.8, 4) is 0 Å². The van der Waals surface area contributed by atoms with Crippen molar-refractivity contribution in [2.45, 2.75) is 25.9 Å². The molecule has 0 saturated carbocycles. The molecule has 1 aliphatic rings. The van der Waals surface area contributed by atoms with Crippen LogP contribution in [-0.2, 0) is 28.9 Å². The summed E-state index contributed by atoms with van der Waals surface area (Å²) in [6.07, 6.45) is 3.29. The minimum absolute atomic E-state index is 0.121. The summed E-state index contributed by atoms with van der Waals surface area (Å²) in [5.41, 5.74) is 0.600. The van der Waals surface area contributed by atoms with E-state index in [9.17, 15) is 4.79 Å². The number of rotatable bonds is 1. The predicted octanol–water partition coefficient (Wildman–Crippen LogP) is 0.987. The molecule has 0 radical (unpaired) electrons. The molecule has 60 valence electrons. The molecule has 2 nitrogen and oxygen atoms in total. The first kappa shape index (κ1) is 8.86. The molecule has 0 aromatic carbocycles. The fourth-order valence-electron chi connectivity index (χ4n) is 0.913. The molecule has 0 spiro atoms. The third kappa shape index (κ3) is 2.10. The zero-order valence-corrected chi connectivity index (χ0v) is 9.52. The van der Waals surface area contributed by atoms with Gasteiger partial charge in [0.25, 0.3) is 0 Å². The zero-order chi connectivity index (χ0) is 8.48. The third-order valence-electron chi connectivity index (χ3n) is 1.54. The van der Waals surface area contributed by atoms with Crippen molar-refractivity contribution in [2.24, 2.45) is 0 Å². The maximum atomic E-state index is 10.4. The Labute approximate surface area is 77.0 Å². The fraction of sp³-hybridized carbons (Fsp3) is 0.500. The van der Waals surface area contributed by atoms with Crippen LogP contribution in [0.5, 0.6) is 0 Å². The van der Waals surface area contributed by atoms with Crippen molar-refractivity contribution in [1.29, 1.82) is 0 Å². The SMILES string of the molecule is CC1(C)C[C](=[W])C(C=O)=CO1. The number of hydrogen-bond acceptors (Lipinski definition) is 2. The quantitative estimate of drug-likeness (QED) is 0.673. The molecule has 1 heterocycles. The Bertz CT molecular complexity index is 228. The molecule has 11 heavy (non-hydrogen) atoms. The van der Waals surface area contributed by atoms with Gasteiger partial charge in [-0.05, 0) is 0 Å².